The number of anilines is 4. The first-order valence-corrected chi connectivity index (χ1v) is 8.58. The molecule has 0 atom stereocenters. The topological polar surface area (TPSA) is 123 Å². The second-order valence-electron chi connectivity index (χ2n) is 6.30. The average Bonchev–Trinajstić information content (AvgIpc) is 3.11. The molecule has 4 aromatic heterocycles. The van der Waals surface area contributed by atoms with Crippen LogP contribution in [-0.2, 0) is 0 Å². The van der Waals surface area contributed by atoms with Crippen LogP contribution in [0.2, 0.25) is 0 Å². The fourth-order valence-corrected chi connectivity index (χ4v) is 2.70. The minimum atomic E-state index is -0.353. The van der Waals surface area contributed by atoms with Crippen LogP contribution in [0.4, 0.5) is 23.0 Å². The van der Waals surface area contributed by atoms with Gasteiger partial charge in [-0.1, -0.05) is 6.07 Å². The van der Waals surface area contributed by atoms with Crippen molar-refractivity contribution in [1.29, 1.82) is 0 Å². The van der Waals surface area contributed by atoms with Gasteiger partial charge in [-0.25, -0.2) is 14.5 Å². The van der Waals surface area contributed by atoms with Gasteiger partial charge in [0.25, 0.3) is 5.91 Å². The number of fused-ring (bicyclic) bond motifs is 1. The number of pyridine rings is 2. The van der Waals surface area contributed by atoms with Gasteiger partial charge in [-0.15, -0.1) is 5.10 Å². The Labute approximate surface area is 160 Å². The number of rotatable bonds is 4. The summed E-state index contributed by atoms with van der Waals surface area (Å²) in [5, 5.41) is 10.3. The largest absolute Gasteiger partial charge is 0.382 e. The van der Waals surface area contributed by atoms with Crippen LogP contribution in [0.3, 0.4) is 0 Å². The highest BCUT2D eigenvalue weighted by Gasteiger charge is 2.19. The average molecular weight is 374 g/mol. The third kappa shape index (κ3) is 3.20. The lowest BCUT2D eigenvalue weighted by Gasteiger charge is -2.12. The highest BCUT2D eigenvalue weighted by atomic mass is 16.2. The molecular formula is C19H18N8O. The van der Waals surface area contributed by atoms with Crippen molar-refractivity contribution in [1.82, 2.24) is 24.6 Å². The van der Waals surface area contributed by atoms with Crippen molar-refractivity contribution in [2.45, 2.75) is 13.8 Å². The summed E-state index contributed by atoms with van der Waals surface area (Å²) in [6.07, 6.45) is 6.42. The molecule has 0 aliphatic carbocycles. The van der Waals surface area contributed by atoms with Crippen LogP contribution in [-0.4, -0.2) is 30.5 Å². The van der Waals surface area contributed by atoms with E-state index in [1.54, 1.807) is 30.7 Å². The summed E-state index contributed by atoms with van der Waals surface area (Å²) < 4.78 is 1.43. The maximum atomic E-state index is 12.7. The summed E-state index contributed by atoms with van der Waals surface area (Å²) in [7, 11) is 0. The van der Waals surface area contributed by atoms with Crippen molar-refractivity contribution in [3.63, 3.8) is 0 Å². The molecule has 0 aliphatic heterocycles. The number of hydrogen-bond donors (Lipinski definition) is 3. The van der Waals surface area contributed by atoms with E-state index in [1.807, 2.05) is 26.0 Å². The highest BCUT2D eigenvalue weighted by Crippen LogP contribution is 2.27. The number of nitrogens with zero attached hydrogens (tertiary/aromatic N) is 5. The van der Waals surface area contributed by atoms with Gasteiger partial charge in [0.15, 0.2) is 11.3 Å². The van der Waals surface area contributed by atoms with E-state index in [-0.39, 0.29) is 17.4 Å². The van der Waals surface area contributed by atoms with E-state index in [4.69, 9.17) is 5.73 Å². The van der Waals surface area contributed by atoms with Crippen molar-refractivity contribution in [3.05, 3.63) is 65.9 Å². The monoisotopic (exact) mass is 374 g/mol. The molecule has 140 valence electrons. The summed E-state index contributed by atoms with van der Waals surface area (Å²) in [4.78, 5) is 25.4. The van der Waals surface area contributed by atoms with Crippen LogP contribution in [0.15, 0.2) is 49.1 Å². The Morgan fingerprint density at radius 2 is 1.86 bits per heavy atom. The molecule has 9 nitrogen and oxygen atoms in total. The van der Waals surface area contributed by atoms with Gasteiger partial charge in [-0.3, -0.25) is 9.78 Å². The molecule has 1 amide bonds. The molecule has 0 aromatic carbocycles. The number of aromatic nitrogens is 5. The lowest BCUT2D eigenvalue weighted by atomic mass is 10.2. The van der Waals surface area contributed by atoms with Gasteiger partial charge in [0.05, 0.1) is 11.9 Å². The van der Waals surface area contributed by atoms with Gasteiger partial charge in [0.2, 0.25) is 0 Å². The fourth-order valence-electron chi connectivity index (χ4n) is 2.70. The lowest BCUT2D eigenvalue weighted by molar-refractivity contribution is 0.102. The van der Waals surface area contributed by atoms with Crippen molar-refractivity contribution >= 4 is 34.6 Å². The molecule has 9 heteroatoms. The van der Waals surface area contributed by atoms with E-state index in [9.17, 15) is 4.79 Å². The van der Waals surface area contributed by atoms with Gasteiger partial charge < -0.3 is 16.4 Å². The number of hydrogen-bond acceptors (Lipinski definition) is 7. The molecule has 0 spiro atoms. The molecule has 0 radical (unpaired) electrons. The molecule has 0 fully saturated rings. The molecule has 4 N–H and O–H groups in total. The van der Waals surface area contributed by atoms with Gasteiger partial charge in [0.1, 0.15) is 11.6 Å². The Kier molecular flexibility index (Phi) is 4.32. The predicted octanol–water partition coefficient (Wildman–Crippen LogP) is 2.71. The molecular weight excluding hydrogens is 356 g/mol. The summed E-state index contributed by atoms with van der Waals surface area (Å²) in [5.41, 5.74) is 9.87. The predicted molar refractivity (Wildman–Crippen MR) is 107 cm³/mol. The Morgan fingerprint density at radius 3 is 2.57 bits per heavy atom. The number of aryl methyl sites for hydroxylation is 1. The Balaban J connectivity index is 1.74. The third-order valence-electron chi connectivity index (χ3n) is 4.26. The second-order valence-corrected chi connectivity index (χ2v) is 6.30. The van der Waals surface area contributed by atoms with Crippen molar-refractivity contribution in [2.24, 2.45) is 0 Å². The van der Waals surface area contributed by atoms with E-state index >= 15 is 0 Å². The van der Waals surface area contributed by atoms with Gasteiger partial charge in [0, 0.05) is 29.8 Å². The first-order chi connectivity index (χ1) is 13.5. The molecule has 0 bridgehead atoms. The standard InChI is InChI=1S/C19H18N8O/c1-11-3-4-15(22-9-11)25-16-12(2)17(20)26-27-14(10-23-18(16)27)19(28)24-13-5-7-21-8-6-13/h3-10H,1-2H3,(H2,20,26)(H,22,25)(H,21,24,28). The number of nitrogens with two attached hydrogens (primary N) is 1. The summed E-state index contributed by atoms with van der Waals surface area (Å²) in [6, 6.07) is 7.21. The van der Waals surface area contributed by atoms with Crippen LogP contribution in [0.25, 0.3) is 5.65 Å². The number of nitrogen functional groups attached to an aromatic ring is 1. The minimum Gasteiger partial charge on any atom is -0.382 e. The summed E-state index contributed by atoms with van der Waals surface area (Å²) in [6.45, 7) is 3.80. The van der Waals surface area contributed by atoms with E-state index in [1.165, 1.54) is 10.7 Å². The molecule has 0 saturated carbocycles. The van der Waals surface area contributed by atoms with Gasteiger partial charge in [-0.2, -0.15) is 0 Å². The van der Waals surface area contributed by atoms with E-state index in [0.29, 0.717) is 22.8 Å². The number of amides is 1. The van der Waals surface area contributed by atoms with Crippen molar-refractivity contribution in [2.75, 3.05) is 16.4 Å². The van der Waals surface area contributed by atoms with Gasteiger partial charge >= 0.3 is 0 Å². The molecule has 0 unspecified atom stereocenters. The normalized spacial score (nSPS) is 10.8. The zero-order valence-corrected chi connectivity index (χ0v) is 15.3. The van der Waals surface area contributed by atoms with Crippen LogP contribution < -0.4 is 16.4 Å². The Morgan fingerprint density at radius 1 is 1.07 bits per heavy atom. The smallest absolute Gasteiger partial charge is 0.276 e. The summed E-state index contributed by atoms with van der Waals surface area (Å²) >= 11 is 0. The number of imidazole rings is 1. The molecule has 0 saturated heterocycles. The van der Waals surface area contributed by atoms with Crippen molar-refractivity contribution in [3.8, 4) is 0 Å². The maximum absolute atomic E-state index is 12.7. The first-order valence-electron chi connectivity index (χ1n) is 8.58. The van der Waals surface area contributed by atoms with Gasteiger partial charge in [-0.05, 0) is 37.6 Å². The SMILES string of the molecule is Cc1ccc(Nc2c(C)c(N)nn3c(C(=O)Nc4ccncc4)cnc23)nc1. The number of carbonyl (C=O) groups is 1. The summed E-state index contributed by atoms with van der Waals surface area (Å²) in [5.74, 6) is 0.582. The quantitative estimate of drug-likeness (QED) is 0.502. The fraction of sp³-hybridized carbons (Fsp3) is 0.105. The molecule has 28 heavy (non-hydrogen) atoms. The van der Waals surface area contributed by atoms with Crippen LogP contribution in [0.5, 0.6) is 0 Å². The van der Waals surface area contributed by atoms with E-state index in [2.05, 4.69) is 30.7 Å². The minimum absolute atomic E-state index is 0.262. The maximum Gasteiger partial charge on any atom is 0.276 e. The zero-order valence-electron chi connectivity index (χ0n) is 15.3. The third-order valence-corrected chi connectivity index (χ3v) is 4.26. The Hall–Kier alpha value is -4.01. The van der Waals surface area contributed by atoms with Crippen LogP contribution in [0.1, 0.15) is 21.6 Å². The molecule has 4 aromatic rings. The second kappa shape index (κ2) is 6.95. The highest BCUT2D eigenvalue weighted by molar-refractivity contribution is 6.03. The van der Waals surface area contributed by atoms with Crippen molar-refractivity contribution < 1.29 is 4.79 Å². The zero-order chi connectivity index (χ0) is 19.7. The van der Waals surface area contributed by atoms with E-state index in [0.717, 1.165) is 11.1 Å². The molecule has 0 aliphatic rings. The molecule has 4 rings (SSSR count). The first kappa shape index (κ1) is 17.4. The Bertz CT molecular complexity index is 1150. The number of carbonyl (C=O) groups excluding carboxylic acids is 1. The molecule has 4 heterocycles. The van der Waals surface area contributed by atoms with Crippen LogP contribution >= 0.6 is 0 Å². The number of nitrogens with one attached hydrogen (secondary N) is 2. The van der Waals surface area contributed by atoms with Crippen LogP contribution in [0, 0.1) is 13.8 Å². The van der Waals surface area contributed by atoms with E-state index < -0.39 is 0 Å². The lowest BCUT2D eigenvalue weighted by Crippen LogP contribution is -2.16.